The van der Waals surface area contributed by atoms with Crippen LogP contribution >= 0.6 is 0 Å². The van der Waals surface area contributed by atoms with Crippen LogP contribution in [0.3, 0.4) is 0 Å². The predicted octanol–water partition coefficient (Wildman–Crippen LogP) is 1.75. The summed E-state index contributed by atoms with van der Waals surface area (Å²) < 4.78 is 0. The van der Waals surface area contributed by atoms with Gasteiger partial charge in [-0.3, -0.25) is 0 Å². The summed E-state index contributed by atoms with van der Waals surface area (Å²) in [6.45, 7) is 0. The van der Waals surface area contributed by atoms with E-state index in [1.54, 1.807) is 24.3 Å². The fourth-order valence-electron chi connectivity index (χ4n) is 0.587. The molecule has 0 unspecified atom stereocenters. The molecule has 0 atom stereocenters. The van der Waals surface area contributed by atoms with Gasteiger partial charge in [-0.1, -0.05) is 6.07 Å². The molecule has 0 bridgehead atoms. The van der Waals surface area contributed by atoms with E-state index in [-0.39, 0.29) is 0 Å². The maximum absolute atomic E-state index is 8.23. The first kappa shape index (κ1) is 5.57. The van der Waals surface area contributed by atoms with Crippen LogP contribution in [0.4, 0.5) is 11.4 Å². The summed E-state index contributed by atoms with van der Waals surface area (Å²) in [5, 5.41) is 8.23. The van der Waals surface area contributed by atoms with Crippen molar-refractivity contribution in [2.75, 3.05) is 5.73 Å². The van der Waals surface area contributed by atoms with Crippen molar-refractivity contribution in [2.24, 2.45) is 0 Å². The Hall–Kier alpha value is -1.56. The van der Waals surface area contributed by atoms with Gasteiger partial charge in [0.1, 0.15) is 0 Å². The number of benzene rings is 1. The van der Waals surface area contributed by atoms with Gasteiger partial charge in [0.25, 0.3) is 0 Å². The van der Waals surface area contributed by atoms with Gasteiger partial charge in [-0.05, 0) is 6.07 Å². The molecule has 9 heavy (non-hydrogen) atoms. The molecular formula is C6H6N3+. The van der Waals surface area contributed by atoms with E-state index in [1.807, 2.05) is 0 Å². The average Bonchev–Trinajstić information content (AvgIpc) is 1.88. The molecule has 3 heteroatoms. The van der Waals surface area contributed by atoms with Crippen LogP contribution in [0.15, 0.2) is 24.3 Å². The lowest BCUT2D eigenvalue weighted by atomic mass is 10.3. The molecule has 0 saturated heterocycles. The zero-order valence-corrected chi connectivity index (χ0v) is 4.78. The maximum atomic E-state index is 8.23. The van der Waals surface area contributed by atoms with Gasteiger partial charge < -0.3 is 5.73 Å². The SMILES string of the molecule is N#[N+]c1cccc(N)c1. The molecule has 0 fully saturated rings. The number of rotatable bonds is 0. The van der Waals surface area contributed by atoms with Gasteiger partial charge in [0.05, 0.1) is 6.07 Å². The minimum absolute atomic E-state index is 0.481. The normalized spacial score (nSPS) is 8.33. The van der Waals surface area contributed by atoms with Crippen LogP contribution in [0.25, 0.3) is 4.98 Å². The van der Waals surface area contributed by atoms with Crippen molar-refractivity contribution >= 4 is 11.4 Å². The maximum Gasteiger partial charge on any atom is 0.387 e. The quantitative estimate of drug-likeness (QED) is 0.419. The highest BCUT2D eigenvalue weighted by Crippen LogP contribution is 2.13. The summed E-state index contributed by atoms with van der Waals surface area (Å²) in [5.74, 6) is 0. The van der Waals surface area contributed by atoms with Crippen LogP contribution in [0, 0.1) is 5.39 Å². The lowest BCUT2D eigenvalue weighted by molar-refractivity contribution is 1.46. The molecule has 0 aliphatic heterocycles. The second-order valence-electron chi connectivity index (χ2n) is 1.69. The third-order valence-corrected chi connectivity index (χ3v) is 0.986. The first-order chi connectivity index (χ1) is 4.33. The highest BCUT2D eigenvalue weighted by Gasteiger charge is 2.00. The van der Waals surface area contributed by atoms with Gasteiger partial charge in [-0.2, -0.15) is 0 Å². The number of hydrogen-bond acceptors (Lipinski definition) is 2. The molecule has 3 nitrogen and oxygen atoms in total. The zero-order valence-electron chi connectivity index (χ0n) is 4.78. The first-order valence-electron chi connectivity index (χ1n) is 2.53. The molecule has 0 aliphatic rings. The second-order valence-corrected chi connectivity index (χ2v) is 1.69. The van der Waals surface area contributed by atoms with E-state index in [1.165, 1.54) is 0 Å². The molecule has 1 aromatic carbocycles. The topological polar surface area (TPSA) is 54.2 Å². The van der Waals surface area contributed by atoms with Crippen molar-refractivity contribution in [1.29, 1.82) is 5.39 Å². The number of nitrogens with two attached hydrogens (primary N) is 1. The van der Waals surface area contributed by atoms with E-state index in [0.717, 1.165) is 0 Å². The van der Waals surface area contributed by atoms with Crippen molar-refractivity contribution in [1.82, 2.24) is 0 Å². The standard InChI is InChI=1S/C6H6N3/c7-5-2-1-3-6(4-5)9-8/h1-4H,7H2/q+1. The van der Waals surface area contributed by atoms with Crippen molar-refractivity contribution in [3.05, 3.63) is 29.2 Å². The predicted molar refractivity (Wildman–Crippen MR) is 35.6 cm³/mol. The van der Waals surface area contributed by atoms with Gasteiger partial charge in [0.15, 0.2) is 4.98 Å². The molecule has 0 radical (unpaired) electrons. The van der Waals surface area contributed by atoms with Crippen molar-refractivity contribution in [3.63, 3.8) is 0 Å². The van der Waals surface area contributed by atoms with E-state index in [0.29, 0.717) is 11.4 Å². The zero-order chi connectivity index (χ0) is 6.69. The summed E-state index contributed by atoms with van der Waals surface area (Å²) in [6, 6.07) is 6.70. The third-order valence-electron chi connectivity index (χ3n) is 0.986. The van der Waals surface area contributed by atoms with Crippen LogP contribution in [0.5, 0.6) is 0 Å². The van der Waals surface area contributed by atoms with Crippen molar-refractivity contribution in [2.45, 2.75) is 0 Å². The second kappa shape index (κ2) is 2.14. The Kier molecular flexibility index (Phi) is 1.32. The Balaban J connectivity index is 3.12. The fraction of sp³-hybridized carbons (Fsp3) is 0. The Labute approximate surface area is 52.7 Å². The lowest BCUT2D eigenvalue weighted by Crippen LogP contribution is -1.80. The molecule has 0 amide bonds. The van der Waals surface area contributed by atoms with Crippen LogP contribution in [-0.2, 0) is 0 Å². The van der Waals surface area contributed by atoms with Gasteiger partial charge in [0.2, 0.25) is 5.39 Å². The summed E-state index contributed by atoms with van der Waals surface area (Å²) in [4.78, 5) is 2.95. The molecule has 2 N–H and O–H groups in total. The third kappa shape index (κ3) is 1.16. The first-order valence-corrected chi connectivity index (χ1v) is 2.53. The molecule has 0 aliphatic carbocycles. The number of nitrogen functional groups attached to an aromatic ring is 1. The van der Waals surface area contributed by atoms with Crippen molar-refractivity contribution in [3.8, 4) is 0 Å². The van der Waals surface area contributed by atoms with Crippen LogP contribution in [0.1, 0.15) is 0 Å². The summed E-state index contributed by atoms with van der Waals surface area (Å²) >= 11 is 0. The summed E-state index contributed by atoms with van der Waals surface area (Å²) in [5.41, 5.74) is 6.45. The molecule has 0 heterocycles. The van der Waals surface area contributed by atoms with E-state index < -0.39 is 0 Å². The number of nitrogens with zero attached hydrogens (tertiary/aromatic N) is 2. The molecule has 0 aromatic heterocycles. The molecule has 44 valence electrons. The number of anilines is 1. The van der Waals surface area contributed by atoms with E-state index in [9.17, 15) is 0 Å². The van der Waals surface area contributed by atoms with Crippen LogP contribution < -0.4 is 5.73 Å². The molecular weight excluding hydrogens is 114 g/mol. The van der Waals surface area contributed by atoms with Crippen molar-refractivity contribution < 1.29 is 0 Å². The van der Waals surface area contributed by atoms with E-state index in [2.05, 4.69) is 4.98 Å². The molecule has 1 rings (SSSR count). The Morgan fingerprint density at radius 1 is 1.44 bits per heavy atom. The summed E-state index contributed by atoms with van der Waals surface area (Å²) in [6.07, 6.45) is 0. The number of hydrogen-bond donors (Lipinski definition) is 1. The van der Waals surface area contributed by atoms with Gasteiger partial charge in [0, 0.05) is 11.8 Å². The molecule has 0 spiro atoms. The Morgan fingerprint density at radius 3 is 2.67 bits per heavy atom. The van der Waals surface area contributed by atoms with Gasteiger partial charge in [-0.25, -0.2) is 0 Å². The van der Waals surface area contributed by atoms with Gasteiger partial charge in [-0.15, -0.1) is 0 Å². The average molecular weight is 120 g/mol. The smallest absolute Gasteiger partial charge is 0.387 e. The Morgan fingerprint density at radius 2 is 2.22 bits per heavy atom. The highest BCUT2D eigenvalue weighted by atomic mass is 14.8. The lowest BCUT2D eigenvalue weighted by Gasteiger charge is -1.82. The monoisotopic (exact) mass is 120 g/mol. The molecule has 1 aromatic rings. The minimum Gasteiger partial charge on any atom is -0.398 e. The van der Waals surface area contributed by atoms with Crippen LogP contribution in [0.2, 0.25) is 0 Å². The Bertz CT molecular complexity index is 249. The number of diazo groups is 1. The minimum atomic E-state index is 0.481. The highest BCUT2D eigenvalue weighted by molar-refractivity contribution is 5.54. The van der Waals surface area contributed by atoms with Gasteiger partial charge >= 0.3 is 5.69 Å². The largest absolute Gasteiger partial charge is 0.398 e. The molecule has 0 saturated carbocycles. The fourth-order valence-corrected chi connectivity index (χ4v) is 0.587. The van der Waals surface area contributed by atoms with Crippen LogP contribution in [-0.4, -0.2) is 0 Å². The van der Waals surface area contributed by atoms with E-state index >= 15 is 0 Å². The van der Waals surface area contributed by atoms with E-state index in [4.69, 9.17) is 11.1 Å². The summed E-state index contributed by atoms with van der Waals surface area (Å²) in [7, 11) is 0.